The first-order chi connectivity index (χ1) is 6.53. The predicted octanol–water partition coefficient (Wildman–Crippen LogP) is 0.478. The van der Waals surface area contributed by atoms with Crippen molar-refractivity contribution in [2.75, 3.05) is 0 Å². The summed E-state index contributed by atoms with van der Waals surface area (Å²) in [5.74, 6) is 0. The molecular formula is C8H10NO4S+. The van der Waals surface area contributed by atoms with Crippen molar-refractivity contribution in [3.05, 3.63) is 43.2 Å². The van der Waals surface area contributed by atoms with E-state index in [1.165, 1.54) is 10.6 Å². The standard InChI is InChI=1S/C8H9NO4S/c1-2-8(13-14(10,11)12)9-6-4-3-5-7-9/h2-8H,1H2/p+1. The molecule has 14 heavy (non-hydrogen) atoms. The minimum atomic E-state index is -4.48. The van der Waals surface area contributed by atoms with Crippen molar-refractivity contribution in [3.8, 4) is 0 Å². The summed E-state index contributed by atoms with van der Waals surface area (Å²) in [6.07, 6.45) is 3.51. The predicted molar refractivity (Wildman–Crippen MR) is 48.5 cm³/mol. The summed E-state index contributed by atoms with van der Waals surface area (Å²) in [5.41, 5.74) is 0. The highest BCUT2D eigenvalue weighted by molar-refractivity contribution is 7.80. The van der Waals surface area contributed by atoms with E-state index in [0.29, 0.717) is 0 Å². The zero-order valence-corrected chi connectivity index (χ0v) is 8.09. The Balaban J connectivity index is 2.89. The number of rotatable bonds is 4. The molecule has 0 aliphatic rings. The summed E-state index contributed by atoms with van der Waals surface area (Å²) in [5, 5.41) is 0. The molecule has 0 amide bonds. The van der Waals surface area contributed by atoms with Crippen molar-refractivity contribution in [2.24, 2.45) is 0 Å². The normalized spacial score (nSPS) is 13.5. The monoisotopic (exact) mass is 216 g/mol. The maximum atomic E-state index is 10.4. The van der Waals surface area contributed by atoms with Crippen LogP contribution < -0.4 is 4.57 Å². The molecule has 0 aliphatic heterocycles. The fraction of sp³-hybridized carbons (Fsp3) is 0.125. The van der Waals surface area contributed by atoms with E-state index in [2.05, 4.69) is 10.8 Å². The van der Waals surface area contributed by atoms with Crippen LogP contribution in [0.15, 0.2) is 43.2 Å². The Morgan fingerprint density at radius 1 is 1.36 bits per heavy atom. The van der Waals surface area contributed by atoms with E-state index in [4.69, 9.17) is 4.55 Å². The maximum Gasteiger partial charge on any atom is 0.403 e. The molecule has 1 aromatic rings. The maximum absolute atomic E-state index is 10.4. The molecule has 0 radical (unpaired) electrons. The topological polar surface area (TPSA) is 67.5 Å². The van der Waals surface area contributed by atoms with Crippen molar-refractivity contribution in [2.45, 2.75) is 6.23 Å². The highest BCUT2D eigenvalue weighted by Gasteiger charge is 2.21. The van der Waals surface area contributed by atoms with Gasteiger partial charge in [-0.2, -0.15) is 17.2 Å². The minimum Gasteiger partial charge on any atom is -0.263 e. The number of hydrogen-bond acceptors (Lipinski definition) is 3. The van der Waals surface area contributed by atoms with Gasteiger partial charge in [-0.1, -0.05) is 12.6 Å². The largest absolute Gasteiger partial charge is 0.403 e. The van der Waals surface area contributed by atoms with Gasteiger partial charge in [0.15, 0.2) is 12.4 Å². The summed E-state index contributed by atoms with van der Waals surface area (Å²) in [4.78, 5) is 0. The second-order valence-electron chi connectivity index (χ2n) is 2.47. The zero-order valence-electron chi connectivity index (χ0n) is 7.28. The number of pyridine rings is 1. The molecule has 0 aliphatic carbocycles. The first kappa shape index (κ1) is 10.8. The average Bonchev–Trinajstić information content (AvgIpc) is 2.14. The molecule has 0 saturated carbocycles. The molecule has 1 atom stereocenters. The van der Waals surface area contributed by atoms with Crippen LogP contribution in [0.25, 0.3) is 0 Å². The van der Waals surface area contributed by atoms with Gasteiger partial charge in [0.05, 0.1) is 0 Å². The Labute approximate surface area is 82.2 Å². The fourth-order valence-corrected chi connectivity index (χ4v) is 1.34. The van der Waals surface area contributed by atoms with Gasteiger partial charge in [0, 0.05) is 18.2 Å². The summed E-state index contributed by atoms with van der Waals surface area (Å²) in [6, 6.07) is 5.16. The van der Waals surface area contributed by atoms with Gasteiger partial charge in [0.25, 0.3) is 6.23 Å². The fourth-order valence-electron chi connectivity index (χ4n) is 0.917. The number of hydrogen-bond donors (Lipinski definition) is 1. The Morgan fingerprint density at radius 3 is 2.36 bits per heavy atom. The van der Waals surface area contributed by atoms with Crippen molar-refractivity contribution >= 4 is 10.4 Å². The van der Waals surface area contributed by atoms with E-state index < -0.39 is 16.6 Å². The first-order valence-corrected chi connectivity index (χ1v) is 5.13. The van der Waals surface area contributed by atoms with E-state index in [1.807, 2.05) is 0 Å². The quantitative estimate of drug-likeness (QED) is 0.451. The summed E-state index contributed by atoms with van der Waals surface area (Å²) in [6.45, 7) is 3.40. The molecule has 0 bridgehead atoms. The van der Waals surface area contributed by atoms with Gasteiger partial charge < -0.3 is 0 Å². The first-order valence-electron chi connectivity index (χ1n) is 3.77. The third-order valence-corrected chi connectivity index (χ3v) is 1.89. The molecule has 0 fully saturated rings. The van der Waals surface area contributed by atoms with Crippen LogP contribution >= 0.6 is 0 Å². The third kappa shape index (κ3) is 3.25. The van der Waals surface area contributed by atoms with Crippen LogP contribution in [-0.4, -0.2) is 13.0 Å². The SMILES string of the molecule is C=CC(OS(=O)(=O)O)[n+]1ccccc1. The van der Waals surface area contributed by atoms with Gasteiger partial charge in [0.1, 0.15) is 0 Å². The molecule has 0 saturated heterocycles. The second kappa shape index (κ2) is 4.32. The Bertz CT molecular complexity index is 401. The molecular weight excluding hydrogens is 206 g/mol. The number of nitrogens with zero attached hydrogens (tertiary/aromatic N) is 1. The lowest BCUT2D eigenvalue weighted by Crippen LogP contribution is -2.39. The Hall–Kier alpha value is -1.24. The second-order valence-corrected chi connectivity index (χ2v) is 3.52. The van der Waals surface area contributed by atoms with Gasteiger partial charge in [-0.25, -0.2) is 0 Å². The Morgan fingerprint density at radius 2 is 1.93 bits per heavy atom. The lowest BCUT2D eigenvalue weighted by Gasteiger charge is -2.04. The number of aromatic nitrogens is 1. The van der Waals surface area contributed by atoms with E-state index in [1.54, 1.807) is 30.6 Å². The van der Waals surface area contributed by atoms with Gasteiger partial charge in [-0.05, 0) is 0 Å². The lowest BCUT2D eigenvalue weighted by atomic mass is 10.4. The van der Waals surface area contributed by atoms with Crippen molar-refractivity contribution < 1.29 is 21.7 Å². The van der Waals surface area contributed by atoms with Crippen LogP contribution in [0.3, 0.4) is 0 Å². The minimum absolute atomic E-state index is 0.939. The Kier molecular flexibility index (Phi) is 3.34. The molecule has 1 N–H and O–H groups in total. The van der Waals surface area contributed by atoms with Crippen LogP contribution in [0.1, 0.15) is 6.23 Å². The van der Waals surface area contributed by atoms with Crippen LogP contribution in [0.5, 0.6) is 0 Å². The molecule has 1 heterocycles. The lowest BCUT2D eigenvalue weighted by molar-refractivity contribution is -0.742. The molecule has 1 rings (SSSR count). The molecule has 5 nitrogen and oxygen atoms in total. The van der Waals surface area contributed by atoms with Gasteiger partial charge >= 0.3 is 10.4 Å². The van der Waals surface area contributed by atoms with Crippen molar-refractivity contribution in [1.82, 2.24) is 0 Å². The van der Waals surface area contributed by atoms with Crippen LogP contribution in [0, 0.1) is 0 Å². The third-order valence-electron chi connectivity index (χ3n) is 1.45. The molecule has 1 unspecified atom stereocenters. The van der Waals surface area contributed by atoms with E-state index in [-0.39, 0.29) is 0 Å². The van der Waals surface area contributed by atoms with Gasteiger partial charge in [0.2, 0.25) is 0 Å². The van der Waals surface area contributed by atoms with Gasteiger partial charge in [-0.15, -0.1) is 0 Å². The highest BCUT2D eigenvalue weighted by atomic mass is 32.3. The smallest absolute Gasteiger partial charge is 0.263 e. The molecule has 0 aromatic carbocycles. The zero-order chi connectivity index (χ0) is 10.6. The summed E-state index contributed by atoms with van der Waals surface area (Å²) in [7, 11) is -4.48. The van der Waals surface area contributed by atoms with E-state index in [9.17, 15) is 8.42 Å². The van der Waals surface area contributed by atoms with Gasteiger partial charge in [-0.3, -0.25) is 4.55 Å². The van der Waals surface area contributed by atoms with Crippen LogP contribution in [0.4, 0.5) is 0 Å². The van der Waals surface area contributed by atoms with Crippen LogP contribution in [0.2, 0.25) is 0 Å². The van der Waals surface area contributed by atoms with Crippen molar-refractivity contribution in [3.63, 3.8) is 0 Å². The summed E-state index contributed by atoms with van der Waals surface area (Å²) < 4.78 is 35.2. The van der Waals surface area contributed by atoms with E-state index >= 15 is 0 Å². The molecule has 6 heteroatoms. The van der Waals surface area contributed by atoms with Crippen LogP contribution in [-0.2, 0) is 14.6 Å². The summed E-state index contributed by atoms with van der Waals surface area (Å²) >= 11 is 0. The average molecular weight is 216 g/mol. The molecule has 76 valence electrons. The van der Waals surface area contributed by atoms with E-state index in [0.717, 1.165) is 0 Å². The highest BCUT2D eigenvalue weighted by Crippen LogP contribution is 2.03. The van der Waals surface area contributed by atoms with Crippen molar-refractivity contribution in [1.29, 1.82) is 0 Å². The molecule has 1 aromatic heterocycles. The molecule has 0 spiro atoms.